The molecule has 0 saturated heterocycles. The number of aromatic nitrogens is 1. The van der Waals surface area contributed by atoms with Crippen molar-refractivity contribution in [2.24, 2.45) is 4.99 Å². The first-order valence-corrected chi connectivity index (χ1v) is 9.21. The molecule has 0 spiro atoms. The van der Waals surface area contributed by atoms with Crippen molar-refractivity contribution < 1.29 is 18.0 Å². The van der Waals surface area contributed by atoms with Crippen molar-refractivity contribution in [2.45, 2.75) is 19.5 Å². The van der Waals surface area contributed by atoms with Crippen molar-refractivity contribution in [1.29, 1.82) is 0 Å². The molecule has 0 N–H and O–H groups in total. The maximum Gasteiger partial charge on any atom is 0.416 e. The summed E-state index contributed by atoms with van der Waals surface area (Å²) < 4.78 is 39.9. The van der Waals surface area contributed by atoms with E-state index in [0.717, 1.165) is 30.0 Å². The maximum absolute atomic E-state index is 12.7. The fourth-order valence-corrected chi connectivity index (χ4v) is 3.24. The molecule has 0 radical (unpaired) electrons. The number of urea groups is 1. The van der Waals surface area contributed by atoms with Crippen molar-refractivity contribution in [3.05, 3.63) is 45.7 Å². The van der Waals surface area contributed by atoms with Crippen molar-refractivity contribution in [1.82, 2.24) is 14.4 Å². The van der Waals surface area contributed by atoms with Gasteiger partial charge in [-0.1, -0.05) is 0 Å². The van der Waals surface area contributed by atoms with E-state index in [-0.39, 0.29) is 6.03 Å². The summed E-state index contributed by atoms with van der Waals surface area (Å²) in [6, 6.07) is 4.41. The molecule has 0 unspecified atom stereocenters. The first-order chi connectivity index (χ1) is 12.6. The van der Waals surface area contributed by atoms with Crippen LogP contribution in [0.1, 0.15) is 16.9 Å². The summed E-state index contributed by atoms with van der Waals surface area (Å²) in [7, 11) is 5.62. The van der Waals surface area contributed by atoms with Gasteiger partial charge in [-0.15, -0.1) is 11.3 Å². The van der Waals surface area contributed by atoms with Crippen molar-refractivity contribution in [2.75, 3.05) is 34.2 Å². The molecule has 0 aliphatic rings. The van der Waals surface area contributed by atoms with Crippen LogP contribution in [0, 0.1) is 6.92 Å². The maximum atomic E-state index is 12.7. The fraction of sp³-hybridized carbons (Fsp3) is 0.444. The molecule has 2 amide bonds. The summed E-state index contributed by atoms with van der Waals surface area (Å²) in [4.78, 5) is 21.4. The Hall–Kier alpha value is -2.13. The van der Waals surface area contributed by atoms with Crippen LogP contribution < -0.4 is 4.80 Å². The standard InChI is InChI=1S/C18H23F3N4OS/c1-13-12-25(15-8-6-14(7-9-15)18(19,20)21)17(27-13)22-16(26)24(4)11-5-10-23(2)3/h6-9,12H,5,10-11H2,1-4H3/b22-17-. The van der Waals surface area contributed by atoms with E-state index in [1.807, 2.05) is 25.9 Å². The number of aryl methyl sites for hydroxylation is 1. The van der Waals surface area contributed by atoms with Gasteiger partial charge in [0.2, 0.25) is 0 Å². The summed E-state index contributed by atoms with van der Waals surface area (Å²) in [5.41, 5.74) is -0.192. The van der Waals surface area contributed by atoms with Gasteiger partial charge < -0.3 is 9.80 Å². The van der Waals surface area contributed by atoms with Gasteiger partial charge in [0.05, 0.1) is 5.56 Å². The minimum absolute atomic E-state index is 0.378. The van der Waals surface area contributed by atoms with Crippen LogP contribution in [0.15, 0.2) is 35.5 Å². The Morgan fingerprint density at radius 3 is 2.33 bits per heavy atom. The first-order valence-electron chi connectivity index (χ1n) is 8.39. The van der Waals surface area contributed by atoms with E-state index in [2.05, 4.69) is 4.99 Å². The molecule has 5 nitrogen and oxygen atoms in total. The van der Waals surface area contributed by atoms with Gasteiger partial charge in [0, 0.05) is 30.4 Å². The number of rotatable bonds is 5. The molecule has 0 atom stereocenters. The molecule has 148 valence electrons. The second-order valence-corrected chi connectivity index (χ2v) is 7.73. The lowest BCUT2D eigenvalue weighted by atomic mass is 10.2. The third-order valence-corrected chi connectivity index (χ3v) is 4.76. The molecule has 27 heavy (non-hydrogen) atoms. The number of carbonyl (C=O) groups excluding carboxylic acids is 1. The Balaban J connectivity index is 2.24. The number of hydrogen-bond acceptors (Lipinski definition) is 3. The molecule has 0 bridgehead atoms. The predicted octanol–water partition coefficient (Wildman–Crippen LogP) is 3.77. The predicted molar refractivity (Wildman–Crippen MR) is 100 cm³/mol. The summed E-state index contributed by atoms with van der Waals surface area (Å²) >= 11 is 1.31. The van der Waals surface area contributed by atoms with Crippen molar-refractivity contribution >= 4 is 17.4 Å². The number of halogens is 3. The molecule has 2 aromatic rings. The van der Waals surface area contributed by atoms with Crippen LogP contribution in [0.4, 0.5) is 18.0 Å². The minimum Gasteiger partial charge on any atom is -0.326 e. The molecule has 9 heteroatoms. The number of thiazole rings is 1. The monoisotopic (exact) mass is 400 g/mol. The van der Waals surface area contributed by atoms with Crippen LogP contribution in [0.5, 0.6) is 0 Å². The third-order valence-electron chi connectivity index (χ3n) is 3.86. The summed E-state index contributed by atoms with van der Waals surface area (Å²) in [6.07, 6.45) is -1.80. The van der Waals surface area contributed by atoms with E-state index >= 15 is 0 Å². The minimum atomic E-state index is -4.38. The number of amides is 2. The smallest absolute Gasteiger partial charge is 0.326 e. The van der Waals surface area contributed by atoms with Gasteiger partial charge in [-0.05, 0) is 58.3 Å². The van der Waals surface area contributed by atoms with Crippen LogP contribution in [0.3, 0.4) is 0 Å². The Kier molecular flexibility index (Phi) is 6.83. The highest BCUT2D eigenvalue weighted by atomic mass is 32.1. The lowest BCUT2D eigenvalue weighted by molar-refractivity contribution is -0.137. The lowest BCUT2D eigenvalue weighted by Gasteiger charge is -2.16. The molecule has 1 heterocycles. The van der Waals surface area contributed by atoms with Crippen LogP contribution in [0.25, 0.3) is 5.69 Å². The van der Waals surface area contributed by atoms with Gasteiger partial charge in [0.25, 0.3) is 0 Å². The third kappa shape index (κ3) is 5.93. The van der Waals surface area contributed by atoms with Gasteiger partial charge >= 0.3 is 12.2 Å². The highest BCUT2D eigenvalue weighted by molar-refractivity contribution is 7.09. The Bertz CT molecular complexity index is 838. The zero-order chi connectivity index (χ0) is 20.2. The Morgan fingerprint density at radius 2 is 1.78 bits per heavy atom. The highest BCUT2D eigenvalue weighted by Crippen LogP contribution is 2.29. The number of alkyl halides is 3. The largest absolute Gasteiger partial charge is 0.416 e. The Labute approximate surface area is 160 Å². The second kappa shape index (κ2) is 8.71. The summed E-state index contributed by atoms with van der Waals surface area (Å²) in [5.74, 6) is 0. The zero-order valence-corrected chi connectivity index (χ0v) is 16.6. The average Bonchev–Trinajstić information content (AvgIpc) is 2.94. The van der Waals surface area contributed by atoms with Crippen molar-refractivity contribution in [3.8, 4) is 5.69 Å². The van der Waals surface area contributed by atoms with E-state index in [1.165, 1.54) is 28.4 Å². The van der Waals surface area contributed by atoms with Crippen LogP contribution in [0.2, 0.25) is 0 Å². The van der Waals surface area contributed by atoms with Crippen molar-refractivity contribution in [3.63, 3.8) is 0 Å². The lowest BCUT2D eigenvalue weighted by Crippen LogP contribution is -2.29. The van der Waals surface area contributed by atoms with Gasteiger partial charge in [-0.2, -0.15) is 18.2 Å². The van der Waals surface area contributed by atoms with Gasteiger partial charge in [-0.25, -0.2) is 4.79 Å². The fourth-order valence-electron chi connectivity index (χ4n) is 2.42. The molecule has 1 aromatic carbocycles. The zero-order valence-electron chi connectivity index (χ0n) is 15.7. The quantitative estimate of drug-likeness (QED) is 0.767. The topological polar surface area (TPSA) is 40.8 Å². The van der Waals surface area contributed by atoms with E-state index in [4.69, 9.17) is 0 Å². The number of hydrogen-bond donors (Lipinski definition) is 0. The van der Waals surface area contributed by atoms with Crippen LogP contribution >= 0.6 is 11.3 Å². The number of carbonyl (C=O) groups is 1. The van der Waals surface area contributed by atoms with Gasteiger partial charge in [0.15, 0.2) is 4.80 Å². The molecule has 2 rings (SSSR count). The van der Waals surface area contributed by atoms with E-state index in [9.17, 15) is 18.0 Å². The van der Waals surface area contributed by atoms with Gasteiger partial charge in [0.1, 0.15) is 0 Å². The second-order valence-electron chi connectivity index (χ2n) is 6.51. The van der Waals surface area contributed by atoms with Crippen LogP contribution in [-0.2, 0) is 6.18 Å². The molecule has 0 saturated carbocycles. The van der Waals surface area contributed by atoms with Crippen LogP contribution in [-0.4, -0.2) is 54.6 Å². The molecule has 1 aromatic heterocycles. The number of nitrogens with zero attached hydrogens (tertiary/aromatic N) is 4. The van der Waals surface area contributed by atoms with E-state index in [1.54, 1.807) is 17.8 Å². The number of benzene rings is 1. The molecule has 0 fully saturated rings. The average molecular weight is 400 g/mol. The molecular weight excluding hydrogens is 377 g/mol. The van der Waals surface area contributed by atoms with E-state index in [0.29, 0.717) is 17.0 Å². The SMILES string of the molecule is Cc1cn(-c2ccc(C(F)(F)F)cc2)/c(=N/C(=O)N(C)CCCN(C)C)s1. The molecule has 0 aliphatic heterocycles. The van der Waals surface area contributed by atoms with Gasteiger partial charge in [-0.3, -0.25) is 4.57 Å². The molecule has 0 aliphatic carbocycles. The summed E-state index contributed by atoms with van der Waals surface area (Å²) in [5, 5.41) is 0. The molecular formula is C18H23F3N4OS. The summed E-state index contributed by atoms with van der Waals surface area (Å²) in [6.45, 7) is 3.29. The highest BCUT2D eigenvalue weighted by Gasteiger charge is 2.30. The normalized spacial score (nSPS) is 12.7. The van der Waals surface area contributed by atoms with E-state index < -0.39 is 11.7 Å². The Morgan fingerprint density at radius 1 is 1.15 bits per heavy atom. The first kappa shape index (κ1) is 21.2.